The normalized spacial score (nSPS) is 14.7. The summed E-state index contributed by atoms with van der Waals surface area (Å²) in [5.41, 5.74) is -1.11. The van der Waals surface area contributed by atoms with Gasteiger partial charge in [-0.25, -0.2) is 4.79 Å². The molecule has 0 aromatic heterocycles. The lowest BCUT2D eigenvalue weighted by molar-refractivity contribution is -0.138. The van der Waals surface area contributed by atoms with Crippen LogP contribution in [0.25, 0.3) is 0 Å². The molecule has 0 aliphatic carbocycles. The number of hydrogen-bond donors (Lipinski definition) is 1. The Bertz CT molecular complexity index is 1220. The average molecular weight is 623 g/mol. The number of nitrogens with zero attached hydrogens (tertiary/aromatic N) is 2. The molecule has 1 fully saturated rings. The zero-order valence-corrected chi connectivity index (χ0v) is 25.0. The highest BCUT2D eigenvalue weighted by atomic mass is 35.5. The second-order valence-corrected chi connectivity index (χ2v) is 12.0. The van der Waals surface area contributed by atoms with E-state index in [4.69, 9.17) is 32.1 Å². The molecule has 1 aliphatic rings. The van der Waals surface area contributed by atoms with E-state index in [1.165, 1.54) is 18.2 Å². The van der Waals surface area contributed by atoms with Crippen LogP contribution >= 0.6 is 35.2 Å². The fourth-order valence-electron chi connectivity index (χ4n) is 4.01. The van der Waals surface area contributed by atoms with E-state index in [2.05, 4.69) is 5.32 Å². The van der Waals surface area contributed by atoms with E-state index >= 15 is 0 Å². The molecule has 2 aromatic rings. The summed E-state index contributed by atoms with van der Waals surface area (Å²) in [4.78, 5) is 28.5. The van der Waals surface area contributed by atoms with Crippen LogP contribution < -0.4 is 9.50 Å². The maximum atomic E-state index is 14.0. The maximum Gasteiger partial charge on any atom is 0.416 e. The SMILES string of the molecule is CCSOc1c(Cl)cc(Cl)cc1CNC(=O)c1ccc(CN2CCN(C(=O)OC(C)(C)C)CC2)c(C(F)(F)F)c1. The second-order valence-electron chi connectivity index (χ2n) is 10.2. The van der Waals surface area contributed by atoms with Crippen LogP contribution in [-0.2, 0) is 24.0 Å². The molecule has 2 amide bonds. The van der Waals surface area contributed by atoms with Gasteiger partial charge >= 0.3 is 12.3 Å². The third-order valence-corrected chi connectivity index (χ3v) is 6.90. The van der Waals surface area contributed by atoms with Gasteiger partial charge in [0.25, 0.3) is 5.91 Å². The highest BCUT2D eigenvalue weighted by Gasteiger charge is 2.35. The summed E-state index contributed by atoms with van der Waals surface area (Å²) in [6, 6.07) is 6.63. The minimum absolute atomic E-state index is 0.0235. The molecule has 1 aliphatic heterocycles. The first-order valence-electron chi connectivity index (χ1n) is 12.6. The molecule has 0 bridgehead atoms. The Morgan fingerprint density at radius 3 is 2.30 bits per heavy atom. The number of piperazine rings is 1. The molecule has 3 rings (SSSR count). The van der Waals surface area contributed by atoms with E-state index in [0.29, 0.717) is 48.3 Å². The van der Waals surface area contributed by atoms with E-state index in [1.807, 2.05) is 11.8 Å². The fourth-order valence-corrected chi connectivity index (χ4v) is 5.06. The van der Waals surface area contributed by atoms with Gasteiger partial charge in [-0.1, -0.05) is 36.2 Å². The van der Waals surface area contributed by atoms with Crippen LogP contribution in [0, 0.1) is 0 Å². The molecule has 0 saturated carbocycles. The van der Waals surface area contributed by atoms with Crippen LogP contribution in [0.5, 0.6) is 5.75 Å². The van der Waals surface area contributed by atoms with E-state index in [9.17, 15) is 22.8 Å². The Hall–Kier alpha value is -2.34. The largest absolute Gasteiger partial charge is 0.444 e. The van der Waals surface area contributed by atoms with Crippen molar-refractivity contribution in [2.75, 3.05) is 31.9 Å². The standard InChI is InChI=1S/C27H32Cl2F3N3O4S/c1-5-40-39-23-19(12-20(28)14-22(23)29)15-33-24(36)17-6-7-18(21(13-17)27(30,31)32)16-34-8-10-35(11-9-34)25(37)38-26(2,3)4/h6-7,12-14H,5,8-11,15-16H2,1-4H3,(H,33,36). The highest BCUT2D eigenvalue weighted by Crippen LogP contribution is 2.35. The van der Waals surface area contributed by atoms with Crippen molar-refractivity contribution in [3.05, 3.63) is 62.6 Å². The van der Waals surface area contributed by atoms with Gasteiger partial charge in [-0.05, 0) is 50.6 Å². The Balaban J connectivity index is 1.69. The molecule has 220 valence electrons. The summed E-state index contributed by atoms with van der Waals surface area (Å²) in [5.74, 6) is 0.293. The Morgan fingerprint density at radius 1 is 1.02 bits per heavy atom. The van der Waals surface area contributed by atoms with Gasteiger partial charge in [0.05, 0.1) is 22.6 Å². The quantitative estimate of drug-likeness (QED) is 0.319. The number of halogens is 5. The summed E-state index contributed by atoms with van der Waals surface area (Å²) in [5, 5.41) is 3.21. The number of carbonyl (C=O) groups is 2. The van der Waals surface area contributed by atoms with Gasteiger partial charge in [0.2, 0.25) is 0 Å². The third-order valence-electron chi connectivity index (χ3n) is 5.88. The number of carbonyl (C=O) groups excluding carboxylic acids is 2. The number of alkyl halides is 3. The lowest BCUT2D eigenvalue weighted by Crippen LogP contribution is -2.49. The van der Waals surface area contributed by atoms with Crippen molar-refractivity contribution in [2.24, 2.45) is 0 Å². The molecule has 0 unspecified atom stereocenters. The number of rotatable bonds is 8. The first-order valence-corrected chi connectivity index (χ1v) is 14.3. The van der Waals surface area contributed by atoms with E-state index in [0.717, 1.165) is 18.1 Å². The number of ether oxygens (including phenoxy) is 1. The molecule has 1 N–H and O–H groups in total. The van der Waals surface area contributed by atoms with Crippen LogP contribution in [0.15, 0.2) is 30.3 Å². The number of amides is 2. The fraction of sp³-hybridized carbons (Fsp3) is 0.481. The number of benzene rings is 2. The zero-order valence-electron chi connectivity index (χ0n) is 22.7. The predicted molar refractivity (Wildman–Crippen MR) is 151 cm³/mol. The highest BCUT2D eigenvalue weighted by molar-refractivity contribution is 7.94. The maximum absolute atomic E-state index is 14.0. The number of hydrogen-bond acceptors (Lipinski definition) is 6. The molecule has 1 heterocycles. The molecule has 1 saturated heterocycles. The third kappa shape index (κ3) is 9.09. The van der Waals surface area contributed by atoms with Crippen LogP contribution in [-0.4, -0.2) is 59.3 Å². The van der Waals surface area contributed by atoms with Crippen LogP contribution in [0.2, 0.25) is 10.0 Å². The molecule has 0 atom stereocenters. The lowest BCUT2D eigenvalue weighted by atomic mass is 10.0. The van der Waals surface area contributed by atoms with Crippen molar-refractivity contribution in [2.45, 2.75) is 52.6 Å². The van der Waals surface area contributed by atoms with Gasteiger partial charge in [-0.3, -0.25) is 9.69 Å². The summed E-state index contributed by atoms with van der Waals surface area (Å²) in [7, 11) is 0. The van der Waals surface area contributed by atoms with E-state index < -0.39 is 29.3 Å². The summed E-state index contributed by atoms with van der Waals surface area (Å²) >= 11 is 13.5. The first kappa shape index (κ1) is 32.2. The van der Waals surface area contributed by atoms with Crippen LogP contribution in [0.1, 0.15) is 54.7 Å². The molecular weight excluding hydrogens is 590 g/mol. The summed E-state index contributed by atoms with van der Waals surface area (Å²) in [6.45, 7) is 8.64. The van der Waals surface area contributed by atoms with Gasteiger partial charge in [-0.2, -0.15) is 13.2 Å². The molecule has 7 nitrogen and oxygen atoms in total. The Morgan fingerprint density at radius 2 is 1.70 bits per heavy atom. The second kappa shape index (κ2) is 13.5. The molecule has 0 radical (unpaired) electrons. The minimum atomic E-state index is -4.66. The molecule has 40 heavy (non-hydrogen) atoms. The van der Waals surface area contributed by atoms with Gasteiger partial charge < -0.3 is 19.1 Å². The Kier molecular flexibility index (Phi) is 10.9. The number of nitrogens with one attached hydrogen (secondary N) is 1. The monoisotopic (exact) mass is 621 g/mol. The van der Waals surface area contributed by atoms with Gasteiger partial charge in [0.15, 0.2) is 5.75 Å². The van der Waals surface area contributed by atoms with Gasteiger partial charge in [0, 0.05) is 61.2 Å². The van der Waals surface area contributed by atoms with Crippen molar-refractivity contribution in [3.63, 3.8) is 0 Å². The molecule has 13 heteroatoms. The lowest BCUT2D eigenvalue weighted by Gasteiger charge is -2.36. The van der Waals surface area contributed by atoms with Crippen molar-refractivity contribution >= 4 is 47.2 Å². The van der Waals surface area contributed by atoms with Crippen LogP contribution in [0.4, 0.5) is 18.0 Å². The van der Waals surface area contributed by atoms with Gasteiger partial charge in [-0.15, -0.1) is 0 Å². The topological polar surface area (TPSA) is 71.1 Å². The van der Waals surface area contributed by atoms with E-state index in [-0.39, 0.29) is 29.2 Å². The minimum Gasteiger partial charge on any atom is -0.444 e. The van der Waals surface area contributed by atoms with Crippen molar-refractivity contribution < 1.29 is 31.7 Å². The van der Waals surface area contributed by atoms with Crippen molar-refractivity contribution in [3.8, 4) is 5.75 Å². The van der Waals surface area contributed by atoms with Gasteiger partial charge in [0.1, 0.15) is 5.60 Å². The van der Waals surface area contributed by atoms with Crippen molar-refractivity contribution in [1.82, 2.24) is 15.1 Å². The first-order chi connectivity index (χ1) is 18.7. The average Bonchev–Trinajstić information content (AvgIpc) is 2.85. The smallest absolute Gasteiger partial charge is 0.416 e. The zero-order chi connectivity index (χ0) is 29.7. The summed E-state index contributed by atoms with van der Waals surface area (Å²) in [6.07, 6.45) is -5.11. The van der Waals surface area contributed by atoms with Crippen LogP contribution in [0.3, 0.4) is 0 Å². The molecular formula is C27H32Cl2F3N3O4S. The molecule has 2 aromatic carbocycles. The molecule has 0 spiro atoms. The van der Waals surface area contributed by atoms with E-state index in [1.54, 1.807) is 31.7 Å². The Labute approximate surface area is 246 Å². The van der Waals surface area contributed by atoms with Crippen molar-refractivity contribution in [1.29, 1.82) is 0 Å². The summed E-state index contributed by atoms with van der Waals surface area (Å²) < 4.78 is 53.0. The predicted octanol–water partition coefficient (Wildman–Crippen LogP) is 7.04.